The number of likely N-dealkylation sites (N-methyl/N-ethyl adjacent to an activating group) is 1. The Labute approximate surface area is 143 Å². The van der Waals surface area contributed by atoms with Gasteiger partial charge in [0.15, 0.2) is 6.04 Å². The standard InChI is InChI=1S/C17H15ClFNO4/c1-20(17(23)24-10-11-5-3-2-4-6-11)15(16(21)22)12-7-8-14(19)13(18)9-12/h2-9,15H,10H2,1H3,(H,21,22). The Kier molecular flexibility index (Phi) is 5.76. The van der Waals surface area contributed by atoms with E-state index in [9.17, 15) is 19.1 Å². The molecule has 0 bridgehead atoms. The predicted octanol–water partition coefficient (Wildman–Crippen LogP) is 3.87. The van der Waals surface area contributed by atoms with Crippen molar-refractivity contribution in [3.8, 4) is 0 Å². The molecular weight excluding hydrogens is 337 g/mol. The van der Waals surface area contributed by atoms with Gasteiger partial charge in [0.25, 0.3) is 0 Å². The Hall–Kier alpha value is -2.60. The van der Waals surface area contributed by atoms with Crippen molar-refractivity contribution in [2.75, 3.05) is 7.05 Å². The predicted molar refractivity (Wildman–Crippen MR) is 86.2 cm³/mol. The van der Waals surface area contributed by atoms with Gasteiger partial charge in [0.1, 0.15) is 12.4 Å². The van der Waals surface area contributed by atoms with Crippen LogP contribution in [0.2, 0.25) is 5.02 Å². The molecule has 0 radical (unpaired) electrons. The molecule has 0 saturated heterocycles. The summed E-state index contributed by atoms with van der Waals surface area (Å²) in [5.41, 5.74) is 0.948. The van der Waals surface area contributed by atoms with Gasteiger partial charge in [-0.2, -0.15) is 0 Å². The summed E-state index contributed by atoms with van der Waals surface area (Å²) in [6.07, 6.45) is -0.813. The monoisotopic (exact) mass is 351 g/mol. The van der Waals surface area contributed by atoms with Gasteiger partial charge in [-0.15, -0.1) is 0 Å². The maximum atomic E-state index is 13.2. The van der Waals surface area contributed by atoms with Crippen molar-refractivity contribution in [1.82, 2.24) is 4.90 Å². The second-order valence-corrected chi connectivity index (χ2v) is 5.47. The summed E-state index contributed by atoms with van der Waals surface area (Å²) in [6, 6.07) is 11.1. The average Bonchev–Trinajstić information content (AvgIpc) is 2.56. The molecule has 0 heterocycles. The zero-order chi connectivity index (χ0) is 17.7. The molecular formula is C17H15ClFNO4. The molecule has 0 fully saturated rings. The highest BCUT2D eigenvalue weighted by molar-refractivity contribution is 6.30. The number of nitrogens with zero attached hydrogens (tertiary/aromatic N) is 1. The number of carboxylic acid groups (broad SMARTS) is 1. The van der Waals surface area contributed by atoms with Crippen LogP contribution in [0.1, 0.15) is 17.2 Å². The smallest absolute Gasteiger partial charge is 0.410 e. The van der Waals surface area contributed by atoms with E-state index in [1.165, 1.54) is 19.2 Å². The molecule has 1 atom stereocenters. The van der Waals surface area contributed by atoms with E-state index in [0.717, 1.165) is 16.5 Å². The minimum Gasteiger partial charge on any atom is -0.479 e. The van der Waals surface area contributed by atoms with Gasteiger partial charge in [0.2, 0.25) is 0 Å². The molecule has 7 heteroatoms. The number of carbonyl (C=O) groups excluding carboxylic acids is 1. The molecule has 0 aliphatic carbocycles. The highest BCUT2D eigenvalue weighted by atomic mass is 35.5. The molecule has 2 aromatic rings. The normalized spacial score (nSPS) is 11.6. The molecule has 2 rings (SSSR count). The second kappa shape index (κ2) is 7.79. The molecule has 0 aromatic heterocycles. The van der Waals surface area contributed by atoms with Crippen molar-refractivity contribution in [1.29, 1.82) is 0 Å². The Bertz CT molecular complexity index is 739. The molecule has 1 unspecified atom stereocenters. The van der Waals surface area contributed by atoms with Crippen LogP contribution in [-0.4, -0.2) is 29.1 Å². The number of halogens is 2. The number of amides is 1. The van der Waals surface area contributed by atoms with E-state index in [1.807, 2.05) is 6.07 Å². The van der Waals surface area contributed by atoms with Crippen molar-refractivity contribution in [3.05, 3.63) is 70.5 Å². The lowest BCUT2D eigenvalue weighted by atomic mass is 10.1. The number of rotatable bonds is 5. The summed E-state index contributed by atoms with van der Waals surface area (Å²) >= 11 is 5.69. The van der Waals surface area contributed by atoms with E-state index in [-0.39, 0.29) is 17.2 Å². The first-order chi connectivity index (χ1) is 11.4. The van der Waals surface area contributed by atoms with Gasteiger partial charge in [0, 0.05) is 7.05 Å². The Morgan fingerprint density at radius 3 is 2.50 bits per heavy atom. The Morgan fingerprint density at radius 2 is 1.92 bits per heavy atom. The molecule has 0 saturated carbocycles. The van der Waals surface area contributed by atoms with Crippen LogP contribution in [0.4, 0.5) is 9.18 Å². The van der Waals surface area contributed by atoms with Crippen LogP contribution in [0, 0.1) is 5.82 Å². The van der Waals surface area contributed by atoms with E-state index < -0.39 is 23.9 Å². The average molecular weight is 352 g/mol. The van der Waals surface area contributed by atoms with Gasteiger partial charge in [-0.05, 0) is 23.3 Å². The highest BCUT2D eigenvalue weighted by Gasteiger charge is 2.30. The number of ether oxygens (including phenoxy) is 1. The maximum absolute atomic E-state index is 13.2. The zero-order valence-corrected chi connectivity index (χ0v) is 13.5. The topological polar surface area (TPSA) is 66.8 Å². The SMILES string of the molecule is CN(C(=O)OCc1ccccc1)C(C(=O)O)c1ccc(F)c(Cl)c1. The molecule has 0 aliphatic rings. The lowest BCUT2D eigenvalue weighted by Crippen LogP contribution is -2.36. The zero-order valence-electron chi connectivity index (χ0n) is 12.8. The number of hydrogen-bond donors (Lipinski definition) is 1. The van der Waals surface area contributed by atoms with Crippen LogP contribution >= 0.6 is 11.6 Å². The molecule has 1 amide bonds. The lowest BCUT2D eigenvalue weighted by molar-refractivity contribution is -0.142. The van der Waals surface area contributed by atoms with Gasteiger partial charge in [0.05, 0.1) is 5.02 Å². The molecule has 126 valence electrons. The summed E-state index contributed by atoms with van der Waals surface area (Å²) in [6.45, 7) is 0.0144. The fraction of sp³-hybridized carbons (Fsp3) is 0.176. The van der Waals surface area contributed by atoms with Crippen LogP contribution in [0.15, 0.2) is 48.5 Å². The lowest BCUT2D eigenvalue weighted by Gasteiger charge is -2.24. The maximum Gasteiger partial charge on any atom is 0.410 e. The Morgan fingerprint density at radius 1 is 1.25 bits per heavy atom. The Balaban J connectivity index is 2.13. The molecule has 5 nitrogen and oxygen atoms in total. The van der Waals surface area contributed by atoms with E-state index >= 15 is 0 Å². The molecule has 0 aliphatic heterocycles. The van der Waals surface area contributed by atoms with Gasteiger partial charge < -0.3 is 9.84 Å². The number of benzene rings is 2. The van der Waals surface area contributed by atoms with E-state index in [2.05, 4.69) is 0 Å². The number of aliphatic carboxylic acids is 1. The highest BCUT2D eigenvalue weighted by Crippen LogP contribution is 2.25. The summed E-state index contributed by atoms with van der Waals surface area (Å²) in [4.78, 5) is 24.6. The van der Waals surface area contributed by atoms with Crippen molar-refractivity contribution in [2.45, 2.75) is 12.6 Å². The summed E-state index contributed by atoms with van der Waals surface area (Å²) in [5, 5.41) is 9.19. The van der Waals surface area contributed by atoms with E-state index in [1.54, 1.807) is 24.3 Å². The first kappa shape index (κ1) is 17.7. The van der Waals surface area contributed by atoms with E-state index in [4.69, 9.17) is 16.3 Å². The van der Waals surface area contributed by atoms with Gasteiger partial charge in [-0.3, -0.25) is 4.90 Å². The van der Waals surface area contributed by atoms with E-state index in [0.29, 0.717) is 0 Å². The first-order valence-electron chi connectivity index (χ1n) is 7.01. The van der Waals surface area contributed by atoms with Gasteiger partial charge in [-0.1, -0.05) is 48.0 Å². The fourth-order valence-corrected chi connectivity index (χ4v) is 2.33. The number of hydrogen-bond acceptors (Lipinski definition) is 3. The van der Waals surface area contributed by atoms with Crippen molar-refractivity contribution < 1.29 is 23.8 Å². The summed E-state index contributed by atoms with van der Waals surface area (Å²) in [5.74, 6) is -1.95. The first-order valence-corrected chi connectivity index (χ1v) is 7.39. The molecule has 1 N–H and O–H groups in total. The third-order valence-electron chi connectivity index (χ3n) is 3.37. The number of carboxylic acids is 1. The molecule has 2 aromatic carbocycles. The summed E-state index contributed by atoms with van der Waals surface area (Å²) < 4.78 is 18.4. The van der Waals surface area contributed by atoms with Crippen molar-refractivity contribution in [2.24, 2.45) is 0 Å². The van der Waals surface area contributed by atoms with Crippen LogP contribution in [0.25, 0.3) is 0 Å². The molecule has 24 heavy (non-hydrogen) atoms. The van der Waals surface area contributed by atoms with Crippen molar-refractivity contribution >= 4 is 23.7 Å². The van der Waals surface area contributed by atoms with Crippen LogP contribution in [-0.2, 0) is 16.1 Å². The van der Waals surface area contributed by atoms with Crippen LogP contribution < -0.4 is 0 Å². The third kappa shape index (κ3) is 4.23. The fourth-order valence-electron chi connectivity index (χ4n) is 2.14. The molecule has 0 spiro atoms. The second-order valence-electron chi connectivity index (χ2n) is 5.07. The minimum absolute atomic E-state index is 0.0144. The number of carbonyl (C=O) groups is 2. The van der Waals surface area contributed by atoms with Crippen molar-refractivity contribution in [3.63, 3.8) is 0 Å². The van der Waals surface area contributed by atoms with Crippen LogP contribution in [0.3, 0.4) is 0 Å². The quantitative estimate of drug-likeness (QED) is 0.887. The van der Waals surface area contributed by atoms with Crippen LogP contribution in [0.5, 0.6) is 0 Å². The van der Waals surface area contributed by atoms with Gasteiger partial charge >= 0.3 is 12.1 Å². The minimum atomic E-state index is -1.34. The largest absolute Gasteiger partial charge is 0.479 e. The summed E-state index contributed by atoms with van der Waals surface area (Å²) in [7, 11) is 1.30. The third-order valence-corrected chi connectivity index (χ3v) is 3.66. The van der Waals surface area contributed by atoms with Gasteiger partial charge in [-0.25, -0.2) is 14.0 Å².